The molecule has 1 saturated carbocycles. The molecule has 9 heteroatoms. The molecule has 1 fully saturated rings. The third-order valence-electron chi connectivity index (χ3n) is 4.77. The summed E-state index contributed by atoms with van der Waals surface area (Å²) in [4.78, 5) is 0. The molecule has 0 amide bonds. The number of hydrogen-bond acceptors (Lipinski definition) is 4. The van der Waals surface area contributed by atoms with Crippen LogP contribution >= 0.6 is 0 Å². The minimum absolute atomic E-state index is 0.0467. The third-order valence-corrected chi connectivity index (χ3v) is 6.56. The molecular formula is C21H27F3N2O3S. The maximum atomic E-state index is 14.5. The lowest BCUT2D eigenvalue weighted by Crippen LogP contribution is -2.24. The topological polar surface area (TPSA) is 81.6 Å². The zero-order valence-electron chi connectivity index (χ0n) is 17.2. The lowest BCUT2D eigenvalue weighted by Gasteiger charge is -2.20. The summed E-state index contributed by atoms with van der Waals surface area (Å²) in [6.45, 7) is 5.63. The molecule has 1 unspecified atom stereocenters. The van der Waals surface area contributed by atoms with Gasteiger partial charge in [-0.15, -0.1) is 0 Å². The van der Waals surface area contributed by atoms with Gasteiger partial charge in [-0.1, -0.05) is 19.9 Å². The van der Waals surface area contributed by atoms with E-state index in [9.17, 15) is 22.5 Å². The number of anilines is 3. The Hall–Kier alpha value is -2.26. The highest BCUT2D eigenvalue weighted by molar-refractivity contribution is 7.88. The highest BCUT2D eigenvalue weighted by Gasteiger charge is 2.48. The van der Waals surface area contributed by atoms with Crippen molar-refractivity contribution >= 4 is 28.0 Å². The molecule has 0 bridgehead atoms. The van der Waals surface area contributed by atoms with Crippen LogP contribution in [0.2, 0.25) is 0 Å². The van der Waals surface area contributed by atoms with Gasteiger partial charge in [-0.3, -0.25) is 4.72 Å². The SMILES string of the molecule is CC.Cc1ccc(Nc2c(F)c(F)cc(O)c2NS(=O)C2(CCCO)CC2)c(F)c1. The molecule has 2 aromatic rings. The van der Waals surface area contributed by atoms with Gasteiger partial charge in [0.2, 0.25) is 0 Å². The molecule has 0 heterocycles. The van der Waals surface area contributed by atoms with E-state index in [2.05, 4.69) is 10.0 Å². The van der Waals surface area contributed by atoms with E-state index in [0.717, 1.165) is 0 Å². The molecule has 2 aromatic carbocycles. The molecule has 4 N–H and O–H groups in total. The number of hydrogen-bond donors (Lipinski definition) is 4. The van der Waals surface area contributed by atoms with Crippen molar-refractivity contribution in [1.82, 2.24) is 0 Å². The molecule has 1 aliphatic rings. The first-order valence-electron chi connectivity index (χ1n) is 9.81. The second-order valence-corrected chi connectivity index (χ2v) is 8.54. The van der Waals surface area contributed by atoms with Crippen molar-refractivity contribution in [2.75, 3.05) is 16.6 Å². The molecule has 1 aliphatic carbocycles. The van der Waals surface area contributed by atoms with Gasteiger partial charge in [0.05, 0.1) is 10.4 Å². The van der Waals surface area contributed by atoms with Crippen LogP contribution in [0.3, 0.4) is 0 Å². The Labute approximate surface area is 176 Å². The number of rotatable bonds is 8. The quantitative estimate of drug-likeness (QED) is 0.418. The van der Waals surface area contributed by atoms with Crippen LogP contribution in [0.1, 0.15) is 45.1 Å². The number of aromatic hydroxyl groups is 1. The maximum absolute atomic E-state index is 14.5. The van der Waals surface area contributed by atoms with E-state index in [1.165, 1.54) is 12.1 Å². The van der Waals surface area contributed by atoms with Gasteiger partial charge in [0.25, 0.3) is 0 Å². The largest absolute Gasteiger partial charge is 0.506 e. The Bertz CT molecular complexity index is 921. The molecular weight excluding hydrogens is 417 g/mol. The summed E-state index contributed by atoms with van der Waals surface area (Å²) in [7, 11) is -1.72. The van der Waals surface area contributed by atoms with Crippen molar-refractivity contribution < 1.29 is 27.6 Å². The molecule has 1 atom stereocenters. The van der Waals surface area contributed by atoms with Crippen molar-refractivity contribution in [2.24, 2.45) is 0 Å². The lowest BCUT2D eigenvalue weighted by molar-refractivity contribution is 0.283. The van der Waals surface area contributed by atoms with E-state index in [0.29, 0.717) is 37.3 Å². The number of aliphatic hydroxyl groups excluding tert-OH is 1. The molecule has 0 aliphatic heterocycles. The van der Waals surface area contributed by atoms with Gasteiger partial charge in [-0.2, -0.15) is 0 Å². The van der Waals surface area contributed by atoms with Crippen LogP contribution in [0.15, 0.2) is 24.3 Å². The van der Waals surface area contributed by atoms with Gasteiger partial charge >= 0.3 is 0 Å². The fraction of sp³-hybridized carbons (Fsp3) is 0.429. The van der Waals surface area contributed by atoms with Crippen LogP contribution in [0.4, 0.5) is 30.2 Å². The standard InChI is InChI=1S/C19H21F3N2O3S.C2H6/c1-11-3-4-14(12(20)9-11)23-18-16(22)13(21)10-15(26)17(18)24-28(27)19(6-7-19)5-2-8-25;1-2/h3-4,9-10,23-26H,2,5-8H2,1H3;1-2H3. The summed E-state index contributed by atoms with van der Waals surface area (Å²) in [5, 5.41) is 21.6. The minimum atomic E-state index is -1.72. The summed E-state index contributed by atoms with van der Waals surface area (Å²) in [5.41, 5.74) is -0.326. The number of phenols is 1. The van der Waals surface area contributed by atoms with Crippen molar-refractivity contribution in [3.05, 3.63) is 47.3 Å². The third kappa shape index (κ3) is 5.26. The molecule has 0 saturated heterocycles. The fourth-order valence-corrected chi connectivity index (χ4v) is 4.37. The first kappa shape index (κ1) is 24.0. The number of aliphatic hydroxyl groups is 1. The zero-order chi connectivity index (χ0) is 22.5. The van der Waals surface area contributed by atoms with Crippen LogP contribution in [0.25, 0.3) is 0 Å². The molecule has 30 heavy (non-hydrogen) atoms. The summed E-state index contributed by atoms with van der Waals surface area (Å²) in [6.07, 6.45) is 2.23. The number of nitrogens with one attached hydrogen (secondary N) is 2. The normalized spacial score (nSPS) is 15.0. The molecule has 0 radical (unpaired) electrons. The second kappa shape index (κ2) is 10.2. The summed E-state index contributed by atoms with van der Waals surface area (Å²) in [6, 6.07) is 4.73. The zero-order valence-corrected chi connectivity index (χ0v) is 18.0. The first-order valence-corrected chi connectivity index (χ1v) is 11.0. The Morgan fingerprint density at radius 3 is 2.33 bits per heavy atom. The molecule has 0 spiro atoms. The fourth-order valence-electron chi connectivity index (χ4n) is 2.96. The van der Waals surface area contributed by atoms with Gasteiger partial charge < -0.3 is 15.5 Å². The smallest absolute Gasteiger partial charge is 0.184 e. The predicted molar refractivity (Wildman–Crippen MR) is 114 cm³/mol. The Morgan fingerprint density at radius 1 is 1.10 bits per heavy atom. The van der Waals surface area contributed by atoms with E-state index < -0.39 is 44.6 Å². The van der Waals surface area contributed by atoms with Crippen LogP contribution < -0.4 is 10.0 Å². The minimum Gasteiger partial charge on any atom is -0.506 e. The van der Waals surface area contributed by atoms with Gasteiger partial charge in [0, 0.05) is 12.7 Å². The van der Waals surface area contributed by atoms with Gasteiger partial charge in [0.1, 0.15) is 33.9 Å². The monoisotopic (exact) mass is 444 g/mol. The van der Waals surface area contributed by atoms with E-state index >= 15 is 0 Å². The van der Waals surface area contributed by atoms with Gasteiger partial charge in [0.15, 0.2) is 11.6 Å². The van der Waals surface area contributed by atoms with E-state index in [1.54, 1.807) is 13.0 Å². The number of aryl methyl sites for hydroxylation is 1. The van der Waals surface area contributed by atoms with E-state index in [1.807, 2.05) is 13.8 Å². The Kier molecular flexibility index (Phi) is 8.14. The average molecular weight is 445 g/mol. The van der Waals surface area contributed by atoms with Crippen molar-refractivity contribution in [1.29, 1.82) is 0 Å². The van der Waals surface area contributed by atoms with Crippen LogP contribution in [-0.2, 0) is 11.0 Å². The average Bonchev–Trinajstić information content (AvgIpc) is 3.51. The van der Waals surface area contributed by atoms with Crippen LogP contribution in [-0.4, -0.2) is 25.8 Å². The van der Waals surface area contributed by atoms with Crippen LogP contribution in [0, 0.1) is 24.4 Å². The van der Waals surface area contributed by atoms with Gasteiger partial charge in [-0.25, -0.2) is 17.4 Å². The van der Waals surface area contributed by atoms with E-state index in [4.69, 9.17) is 5.11 Å². The summed E-state index contributed by atoms with van der Waals surface area (Å²) < 4.78 is 57.2. The highest BCUT2D eigenvalue weighted by Crippen LogP contribution is 2.47. The molecule has 0 aromatic heterocycles. The summed E-state index contributed by atoms with van der Waals surface area (Å²) in [5.74, 6) is -4.00. The van der Waals surface area contributed by atoms with Crippen molar-refractivity contribution in [3.8, 4) is 5.75 Å². The van der Waals surface area contributed by atoms with Crippen molar-refractivity contribution in [3.63, 3.8) is 0 Å². The Morgan fingerprint density at radius 2 is 1.77 bits per heavy atom. The Balaban J connectivity index is 0.00000155. The second-order valence-electron chi connectivity index (χ2n) is 6.93. The number of halogens is 3. The van der Waals surface area contributed by atoms with Crippen LogP contribution in [0.5, 0.6) is 5.75 Å². The maximum Gasteiger partial charge on any atom is 0.184 e. The summed E-state index contributed by atoms with van der Waals surface area (Å²) >= 11 is 0. The van der Waals surface area contributed by atoms with Gasteiger partial charge in [-0.05, 0) is 50.3 Å². The molecule has 166 valence electrons. The van der Waals surface area contributed by atoms with E-state index in [-0.39, 0.29) is 18.0 Å². The lowest BCUT2D eigenvalue weighted by atomic mass is 10.2. The highest BCUT2D eigenvalue weighted by atomic mass is 32.2. The number of phenolic OH excluding ortho intramolecular Hbond substituents is 1. The predicted octanol–water partition coefficient (Wildman–Crippen LogP) is 5.27. The van der Waals surface area contributed by atoms with Crippen molar-refractivity contribution in [2.45, 2.75) is 51.2 Å². The molecule has 3 rings (SSSR count). The first-order chi connectivity index (χ1) is 14.3. The molecule has 5 nitrogen and oxygen atoms in total. The number of benzene rings is 2.